The zero-order valence-corrected chi connectivity index (χ0v) is 13.4. The highest BCUT2D eigenvalue weighted by Gasteiger charge is 2.43. The van der Waals surface area contributed by atoms with Crippen LogP contribution in [-0.2, 0) is 0 Å². The van der Waals surface area contributed by atoms with E-state index in [1.165, 1.54) is 6.07 Å². The molecule has 0 unspecified atom stereocenters. The molecule has 1 aliphatic rings. The number of furan rings is 1. The van der Waals surface area contributed by atoms with Gasteiger partial charge in [0.25, 0.3) is 0 Å². The number of hydrogen-bond donors (Lipinski definition) is 1. The first-order valence-electron chi connectivity index (χ1n) is 7.54. The van der Waals surface area contributed by atoms with Crippen LogP contribution in [-0.4, -0.2) is 10.1 Å². The number of nitrogens with one attached hydrogen (secondary N) is 1. The van der Waals surface area contributed by atoms with Crippen molar-refractivity contribution in [2.24, 2.45) is 0 Å². The Hall–Kier alpha value is -2.73. The van der Waals surface area contributed by atoms with Crippen molar-refractivity contribution in [2.45, 2.75) is 12.1 Å². The first kappa shape index (κ1) is 14.8. The van der Waals surface area contributed by atoms with Crippen molar-refractivity contribution in [3.63, 3.8) is 0 Å². The average molecular weight is 339 g/mol. The monoisotopic (exact) mass is 339 g/mol. The summed E-state index contributed by atoms with van der Waals surface area (Å²) in [5.74, 6) is 0.362. The fourth-order valence-corrected chi connectivity index (χ4v) is 3.35. The van der Waals surface area contributed by atoms with Crippen LogP contribution in [0.2, 0.25) is 0 Å². The number of para-hydroxylation sites is 1. The number of pyridine rings is 1. The Morgan fingerprint density at radius 3 is 2.62 bits per heavy atom. The van der Waals surface area contributed by atoms with Gasteiger partial charge in [-0.3, -0.25) is 4.98 Å². The minimum absolute atomic E-state index is 0.232. The Morgan fingerprint density at radius 2 is 1.92 bits per heavy atom. The molecule has 0 aliphatic carbocycles. The van der Waals surface area contributed by atoms with Gasteiger partial charge in [-0.25, -0.2) is 4.39 Å². The van der Waals surface area contributed by atoms with Crippen molar-refractivity contribution in [3.8, 4) is 0 Å². The third-order valence-corrected chi connectivity index (χ3v) is 4.36. The number of benzene rings is 1. The van der Waals surface area contributed by atoms with Gasteiger partial charge in [-0.15, -0.1) is 0 Å². The van der Waals surface area contributed by atoms with Gasteiger partial charge in [0, 0.05) is 6.20 Å². The molecule has 1 fully saturated rings. The highest BCUT2D eigenvalue weighted by Crippen LogP contribution is 2.42. The van der Waals surface area contributed by atoms with Crippen molar-refractivity contribution in [2.75, 3.05) is 4.90 Å². The smallest absolute Gasteiger partial charge is 0.174 e. The maximum absolute atomic E-state index is 14.4. The van der Waals surface area contributed by atoms with Crippen molar-refractivity contribution in [1.29, 1.82) is 0 Å². The standard InChI is InChI=1S/C18H14FN3OS/c19-12-6-1-2-8-14(12)22-17(15-9-5-11-23-15)16(21-18(22)24)13-7-3-4-10-20-13/h1-11,16-17H,(H,21,24)/t16-,17-/m0/s1. The van der Waals surface area contributed by atoms with E-state index in [1.54, 1.807) is 35.6 Å². The maximum Gasteiger partial charge on any atom is 0.174 e. The molecule has 0 spiro atoms. The van der Waals surface area contributed by atoms with Crippen LogP contribution in [0.15, 0.2) is 71.5 Å². The van der Waals surface area contributed by atoms with E-state index >= 15 is 0 Å². The lowest BCUT2D eigenvalue weighted by molar-refractivity contribution is 0.430. The second-order valence-electron chi connectivity index (χ2n) is 5.46. The van der Waals surface area contributed by atoms with Gasteiger partial charge >= 0.3 is 0 Å². The van der Waals surface area contributed by atoms with E-state index in [1.807, 2.05) is 30.3 Å². The molecular weight excluding hydrogens is 325 g/mol. The van der Waals surface area contributed by atoms with Gasteiger partial charge in [0.05, 0.1) is 23.7 Å². The normalized spacial score (nSPS) is 20.2. The topological polar surface area (TPSA) is 41.3 Å². The average Bonchev–Trinajstić information content (AvgIpc) is 3.24. The molecule has 2 aromatic heterocycles. The van der Waals surface area contributed by atoms with E-state index < -0.39 is 0 Å². The summed E-state index contributed by atoms with van der Waals surface area (Å²) in [4.78, 5) is 6.17. The molecule has 4 rings (SSSR count). The Balaban J connectivity index is 1.84. The summed E-state index contributed by atoms with van der Waals surface area (Å²) in [5, 5.41) is 3.69. The van der Waals surface area contributed by atoms with Gasteiger partial charge in [0.2, 0.25) is 0 Å². The molecule has 3 aromatic rings. The second kappa shape index (κ2) is 6.05. The van der Waals surface area contributed by atoms with E-state index in [-0.39, 0.29) is 17.9 Å². The summed E-state index contributed by atoms with van der Waals surface area (Å²) in [5.41, 5.74) is 1.23. The SMILES string of the molecule is Fc1ccccc1N1C(=S)N[C@@H](c2ccccn2)[C@@H]1c1ccco1. The highest BCUT2D eigenvalue weighted by atomic mass is 32.1. The molecule has 1 saturated heterocycles. The summed E-state index contributed by atoms with van der Waals surface area (Å²) in [6.45, 7) is 0. The number of halogens is 1. The van der Waals surface area contributed by atoms with Crippen molar-refractivity contribution >= 4 is 23.0 Å². The lowest BCUT2D eigenvalue weighted by Gasteiger charge is -2.26. The summed E-state index contributed by atoms with van der Waals surface area (Å²) in [6.07, 6.45) is 3.33. The fourth-order valence-electron chi connectivity index (χ4n) is 3.01. The lowest BCUT2D eigenvalue weighted by atomic mass is 10.0. The molecule has 1 aliphatic heterocycles. The Morgan fingerprint density at radius 1 is 1.08 bits per heavy atom. The number of anilines is 1. The summed E-state index contributed by atoms with van der Waals surface area (Å²) in [6, 6.07) is 15.4. The number of nitrogens with zero attached hydrogens (tertiary/aromatic N) is 2. The molecule has 4 nitrogen and oxygen atoms in total. The van der Waals surface area contributed by atoms with Crippen LogP contribution >= 0.6 is 12.2 Å². The predicted octanol–water partition coefficient (Wildman–Crippen LogP) is 3.99. The first-order chi connectivity index (χ1) is 11.8. The molecule has 0 radical (unpaired) electrons. The van der Waals surface area contributed by atoms with Gasteiger partial charge in [0.15, 0.2) is 5.11 Å². The van der Waals surface area contributed by atoms with E-state index in [2.05, 4.69) is 10.3 Å². The van der Waals surface area contributed by atoms with E-state index in [0.29, 0.717) is 16.6 Å². The molecule has 2 atom stereocenters. The molecule has 24 heavy (non-hydrogen) atoms. The van der Waals surface area contributed by atoms with Crippen molar-refractivity contribution in [1.82, 2.24) is 10.3 Å². The number of rotatable bonds is 3. The summed E-state index contributed by atoms with van der Waals surface area (Å²) >= 11 is 5.49. The van der Waals surface area contributed by atoms with Crippen LogP contribution in [0, 0.1) is 5.82 Å². The van der Waals surface area contributed by atoms with Crippen LogP contribution in [0.25, 0.3) is 0 Å². The van der Waals surface area contributed by atoms with Crippen LogP contribution in [0.5, 0.6) is 0 Å². The zero-order chi connectivity index (χ0) is 16.5. The molecule has 0 saturated carbocycles. The van der Waals surface area contributed by atoms with Crippen LogP contribution in [0.4, 0.5) is 10.1 Å². The van der Waals surface area contributed by atoms with Gasteiger partial charge in [-0.1, -0.05) is 18.2 Å². The number of aromatic nitrogens is 1. The maximum atomic E-state index is 14.4. The molecule has 0 amide bonds. The van der Waals surface area contributed by atoms with Gasteiger partial charge < -0.3 is 14.6 Å². The van der Waals surface area contributed by atoms with E-state index in [0.717, 1.165) is 5.69 Å². The number of hydrogen-bond acceptors (Lipinski definition) is 3. The summed E-state index contributed by atoms with van der Waals surface area (Å²) in [7, 11) is 0. The predicted molar refractivity (Wildman–Crippen MR) is 93.0 cm³/mol. The van der Waals surface area contributed by atoms with Gasteiger partial charge in [-0.05, 0) is 48.6 Å². The Bertz CT molecular complexity index is 854. The molecule has 120 valence electrons. The first-order valence-corrected chi connectivity index (χ1v) is 7.95. The molecule has 1 N–H and O–H groups in total. The molecule has 1 aromatic carbocycles. The highest BCUT2D eigenvalue weighted by molar-refractivity contribution is 7.80. The van der Waals surface area contributed by atoms with Gasteiger partial charge in [0.1, 0.15) is 17.6 Å². The molecule has 0 bridgehead atoms. The Kier molecular flexibility index (Phi) is 3.74. The minimum Gasteiger partial charge on any atom is -0.467 e. The molecular formula is C18H14FN3OS. The fraction of sp³-hybridized carbons (Fsp3) is 0.111. The third kappa shape index (κ3) is 2.45. The van der Waals surface area contributed by atoms with Gasteiger partial charge in [-0.2, -0.15) is 0 Å². The Labute approximate surface area is 143 Å². The van der Waals surface area contributed by atoms with E-state index in [9.17, 15) is 4.39 Å². The van der Waals surface area contributed by atoms with Crippen LogP contribution in [0.1, 0.15) is 23.5 Å². The van der Waals surface area contributed by atoms with E-state index in [4.69, 9.17) is 16.6 Å². The van der Waals surface area contributed by atoms with Crippen molar-refractivity contribution in [3.05, 3.63) is 84.3 Å². The van der Waals surface area contributed by atoms with Crippen molar-refractivity contribution < 1.29 is 8.81 Å². The zero-order valence-electron chi connectivity index (χ0n) is 12.6. The lowest BCUT2D eigenvalue weighted by Crippen LogP contribution is -2.30. The quantitative estimate of drug-likeness (QED) is 0.731. The van der Waals surface area contributed by atoms with Crippen LogP contribution < -0.4 is 10.2 Å². The largest absolute Gasteiger partial charge is 0.467 e. The molecule has 6 heteroatoms. The third-order valence-electron chi connectivity index (χ3n) is 4.04. The summed E-state index contributed by atoms with van der Waals surface area (Å²) < 4.78 is 20.0. The molecule has 3 heterocycles. The second-order valence-corrected chi connectivity index (χ2v) is 5.85. The minimum atomic E-state index is -0.333. The number of thiocarbonyl (C=S) groups is 1. The van der Waals surface area contributed by atoms with Crippen LogP contribution in [0.3, 0.4) is 0 Å².